The van der Waals surface area contributed by atoms with Crippen molar-refractivity contribution in [2.45, 2.75) is 128 Å². The van der Waals surface area contributed by atoms with Gasteiger partial charge in [0.1, 0.15) is 12.2 Å². The quantitative estimate of drug-likeness (QED) is 0.216. The van der Waals surface area contributed by atoms with E-state index in [0.717, 1.165) is 9.98 Å². The number of nitrogens with two attached hydrogens (primary N) is 1. The number of unbranched alkanes of at least 4 members (excludes halogenated alkanes) is 1. The normalized spacial score (nSPS) is 26.3. The van der Waals surface area contributed by atoms with Crippen LogP contribution >= 0.6 is 0 Å². The molecule has 1 aromatic rings. The topological polar surface area (TPSA) is 161 Å². The number of aliphatic hydroxyl groups is 1. The van der Waals surface area contributed by atoms with Crippen molar-refractivity contribution in [1.82, 2.24) is 9.13 Å². The Morgan fingerprint density at radius 3 is 2.12 bits per heavy atom. The van der Waals surface area contributed by atoms with Gasteiger partial charge in [-0.05, 0) is 56.0 Å². The fourth-order valence-corrected chi connectivity index (χ4v) is 8.24. The summed E-state index contributed by atoms with van der Waals surface area (Å²) in [5, 5.41) is 9.67. The van der Waals surface area contributed by atoms with Crippen LogP contribution in [0.4, 0.5) is 0 Å². The van der Waals surface area contributed by atoms with Crippen molar-refractivity contribution in [3.8, 4) is 0 Å². The van der Waals surface area contributed by atoms with Gasteiger partial charge >= 0.3 is 5.69 Å². The third kappa shape index (κ3) is 6.83. The molecular weight excluding hydrogens is 611 g/mol. The summed E-state index contributed by atoms with van der Waals surface area (Å²) in [6.45, 7) is 22.1. The van der Waals surface area contributed by atoms with Crippen LogP contribution < -0.4 is 17.0 Å². The Balaban J connectivity index is 2.28. The molecule has 2 aliphatic rings. The van der Waals surface area contributed by atoms with E-state index >= 15 is 0 Å². The molecule has 1 fully saturated rings. The molecule has 0 amide bonds. The van der Waals surface area contributed by atoms with E-state index in [0.29, 0.717) is 12.8 Å². The van der Waals surface area contributed by atoms with E-state index in [9.17, 15) is 23.1 Å². The lowest BCUT2D eigenvalue weighted by atomic mass is 9.89. The van der Waals surface area contributed by atoms with Gasteiger partial charge in [0.15, 0.2) is 28.5 Å². The van der Waals surface area contributed by atoms with Crippen molar-refractivity contribution in [3.63, 3.8) is 0 Å². The minimum absolute atomic E-state index is 0.0573. The molecule has 3 N–H and O–H groups in total. The molecular formula is C28H51N3O9SSi2. The zero-order valence-electron chi connectivity index (χ0n) is 27.5. The number of aromatic nitrogens is 2. The van der Waals surface area contributed by atoms with Crippen LogP contribution in [0.15, 0.2) is 26.9 Å². The Morgan fingerprint density at radius 2 is 1.63 bits per heavy atom. The van der Waals surface area contributed by atoms with Gasteiger partial charge in [-0.25, -0.2) is 8.98 Å². The van der Waals surface area contributed by atoms with Crippen molar-refractivity contribution in [1.29, 1.82) is 0 Å². The van der Waals surface area contributed by atoms with E-state index in [1.165, 1.54) is 10.8 Å². The van der Waals surface area contributed by atoms with E-state index in [1.54, 1.807) is 6.92 Å². The highest BCUT2D eigenvalue weighted by Gasteiger charge is 2.67. The van der Waals surface area contributed by atoms with E-state index < -0.39 is 62.0 Å². The van der Waals surface area contributed by atoms with Gasteiger partial charge in [-0.3, -0.25) is 13.9 Å². The molecule has 4 atom stereocenters. The van der Waals surface area contributed by atoms with Crippen LogP contribution in [0, 0.1) is 6.92 Å². The third-order valence-electron chi connectivity index (χ3n) is 9.50. The molecule has 0 aliphatic carbocycles. The van der Waals surface area contributed by atoms with Crippen LogP contribution in [0.3, 0.4) is 0 Å². The van der Waals surface area contributed by atoms with Gasteiger partial charge in [-0.15, -0.1) is 0 Å². The highest BCUT2D eigenvalue weighted by molar-refractivity contribution is 7.90. The summed E-state index contributed by atoms with van der Waals surface area (Å²) in [4.78, 5) is 26.9. The maximum atomic E-state index is 13.9. The summed E-state index contributed by atoms with van der Waals surface area (Å²) in [5.41, 5.74) is 3.81. The standard InChI is InChI=1S/C28H51N3O9SSi2/c1-19-16-31(25(34)30(23(19)33)14-12-13-15-32)24-22(39-43(10,11)27(5,6)7)28(20(29)18-41(35,36)40-28)21(38-24)17-37-42(8,9)26(2,3)4/h16,18,21-22,24,32H,12-15,17,29H2,1-11H3/t21-,22+,24-,28-/m1/s1. The molecule has 43 heavy (non-hydrogen) atoms. The van der Waals surface area contributed by atoms with Gasteiger partial charge in [0.25, 0.3) is 15.7 Å². The Bertz CT molecular complexity index is 1460. The number of aliphatic hydroxyl groups excluding tert-OH is 1. The Morgan fingerprint density at radius 1 is 1.05 bits per heavy atom. The van der Waals surface area contributed by atoms with Crippen LogP contribution in [-0.4, -0.2) is 70.3 Å². The summed E-state index contributed by atoms with van der Waals surface area (Å²) < 4.78 is 54.2. The largest absolute Gasteiger partial charge is 0.414 e. The van der Waals surface area contributed by atoms with Gasteiger partial charge < -0.3 is 24.4 Å². The van der Waals surface area contributed by atoms with Crippen molar-refractivity contribution < 1.29 is 31.3 Å². The monoisotopic (exact) mass is 661 g/mol. The van der Waals surface area contributed by atoms with E-state index in [2.05, 4.69) is 33.9 Å². The highest BCUT2D eigenvalue weighted by atomic mass is 32.2. The van der Waals surface area contributed by atoms with Crippen LogP contribution in [0.1, 0.15) is 66.2 Å². The van der Waals surface area contributed by atoms with E-state index in [4.69, 9.17) is 23.5 Å². The molecule has 0 unspecified atom stereocenters. The summed E-state index contributed by atoms with van der Waals surface area (Å²) >= 11 is 0. The summed E-state index contributed by atoms with van der Waals surface area (Å²) in [6.07, 6.45) is -1.19. The second kappa shape index (κ2) is 12.0. The first kappa shape index (κ1) is 35.9. The molecule has 0 bridgehead atoms. The number of rotatable bonds is 10. The zero-order valence-corrected chi connectivity index (χ0v) is 30.3. The molecule has 3 rings (SSSR count). The molecule has 12 nitrogen and oxygen atoms in total. The average Bonchev–Trinajstić information content (AvgIpc) is 3.27. The molecule has 0 saturated carbocycles. The van der Waals surface area contributed by atoms with E-state index in [-0.39, 0.29) is 41.1 Å². The van der Waals surface area contributed by atoms with Gasteiger partial charge in [0, 0.05) is 24.9 Å². The Hall–Kier alpha value is -1.60. The maximum absolute atomic E-state index is 13.9. The average molecular weight is 662 g/mol. The molecule has 0 radical (unpaired) electrons. The molecule has 15 heteroatoms. The van der Waals surface area contributed by atoms with Crippen molar-refractivity contribution in [2.75, 3.05) is 13.2 Å². The molecule has 3 heterocycles. The maximum Gasteiger partial charge on any atom is 0.333 e. The van der Waals surface area contributed by atoms with Crippen LogP contribution in [0.2, 0.25) is 36.3 Å². The number of aryl methyl sites for hydroxylation is 1. The SMILES string of the molecule is Cc1cn([C@@H]2O[C@H](CO[Si](C)(C)C(C)(C)C)[C@@]3(OS(=O)(=O)C=C3N)[C@H]2O[Si](C)(C)C(C)(C)C)c(=O)n(CCCCO)c1=O. The number of hydrogen-bond donors (Lipinski definition) is 2. The molecule has 1 aromatic heterocycles. The fraction of sp³-hybridized carbons (Fsp3) is 0.786. The number of nitrogens with zero attached hydrogens (tertiary/aromatic N) is 2. The lowest BCUT2D eigenvalue weighted by molar-refractivity contribution is -0.0567. The fourth-order valence-electron chi connectivity index (χ4n) is 4.73. The predicted molar refractivity (Wildman–Crippen MR) is 170 cm³/mol. The summed E-state index contributed by atoms with van der Waals surface area (Å²) in [5.74, 6) is 0. The van der Waals surface area contributed by atoms with Crippen LogP contribution in [0.25, 0.3) is 0 Å². The van der Waals surface area contributed by atoms with Crippen molar-refractivity contribution in [2.24, 2.45) is 5.73 Å². The summed E-state index contributed by atoms with van der Waals surface area (Å²) in [7, 11) is -9.28. The first-order chi connectivity index (χ1) is 19.4. The molecule has 1 spiro atoms. The molecule has 0 aromatic carbocycles. The van der Waals surface area contributed by atoms with Gasteiger partial charge in [0.05, 0.1) is 17.7 Å². The Kier molecular flexibility index (Phi) is 9.98. The lowest BCUT2D eigenvalue weighted by Crippen LogP contribution is -2.59. The minimum atomic E-state index is -4.22. The first-order valence-corrected chi connectivity index (χ1v) is 22.0. The number of ether oxygens (including phenoxy) is 1. The summed E-state index contributed by atoms with van der Waals surface area (Å²) in [6, 6.07) is 0. The third-order valence-corrected chi connectivity index (χ3v) is 19.5. The van der Waals surface area contributed by atoms with Gasteiger partial charge in [-0.2, -0.15) is 8.42 Å². The Labute approximate surface area is 257 Å². The van der Waals surface area contributed by atoms with Crippen molar-refractivity contribution in [3.05, 3.63) is 43.7 Å². The second-order valence-corrected chi connectivity index (χ2v) is 25.7. The smallest absolute Gasteiger partial charge is 0.333 e. The zero-order chi connectivity index (χ0) is 33.0. The molecule has 246 valence electrons. The second-order valence-electron chi connectivity index (χ2n) is 14.7. The minimum Gasteiger partial charge on any atom is -0.414 e. The highest BCUT2D eigenvalue weighted by Crippen LogP contribution is 2.52. The van der Waals surface area contributed by atoms with Gasteiger partial charge in [0.2, 0.25) is 0 Å². The van der Waals surface area contributed by atoms with E-state index in [1.807, 2.05) is 33.9 Å². The molecule has 2 aliphatic heterocycles. The van der Waals surface area contributed by atoms with Crippen molar-refractivity contribution >= 4 is 26.8 Å². The van der Waals surface area contributed by atoms with Gasteiger partial charge in [-0.1, -0.05) is 41.5 Å². The predicted octanol–water partition coefficient (Wildman–Crippen LogP) is 3.30. The molecule has 1 saturated heterocycles. The van der Waals surface area contributed by atoms with Crippen LogP contribution in [-0.2, 0) is 34.4 Å². The number of hydrogen-bond acceptors (Lipinski definition) is 10. The lowest BCUT2D eigenvalue weighted by Gasteiger charge is -2.43. The van der Waals surface area contributed by atoms with Crippen LogP contribution in [0.5, 0.6) is 0 Å². The first-order valence-electron chi connectivity index (χ1n) is 14.8.